The average molecular weight is 313 g/mol. The first-order chi connectivity index (χ1) is 9.49. The molecule has 1 aliphatic heterocycles. The van der Waals surface area contributed by atoms with E-state index in [-0.39, 0.29) is 18.3 Å². The van der Waals surface area contributed by atoms with E-state index in [4.69, 9.17) is 5.73 Å². The molecule has 116 valence electrons. The Hall–Kier alpha value is -1.79. The highest BCUT2D eigenvalue weighted by atomic mass is 35.5. The van der Waals surface area contributed by atoms with Crippen LogP contribution in [0.3, 0.4) is 0 Å². The molecule has 0 saturated carbocycles. The minimum atomic E-state index is -0.628. The standard InChI is InChI=1S/C14H20N4O2.ClH/c1-14(6-3-7-16-9-14)12(19)17-10-4-2-5-11(8-10)18-13(15)20;/h2,4-5,8,16H,3,6-7,9H2,1H3,(H,17,19)(H3,15,18,20);1H. The van der Waals surface area contributed by atoms with Crippen molar-refractivity contribution in [2.24, 2.45) is 11.1 Å². The zero-order valence-corrected chi connectivity index (χ0v) is 12.8. The average Bonchev–Trinajstić information content (AvgIpc) is 2.39. The van der Waals surface area contributed by atoms with Gasteiger partial charge in [-0.1, -0.05) is 6.07 Å². The van der Waals surface area contributed by atoms with Crippen LogP contribution in [0.15, 0.2) is 24.3 Å². The number of primary amides is 1. The topological polar surface area (TPSA) is 96.2 Å². The Morgan fingerprint density at radius 3 is 2.52 bits per heavy atom. The lowest BCUT2D eigenvalue weighted by molar-refractivity contribution is -0.125. The number of rotatable bonds is 3. The number of hydrogen-bond donors (Lipinski definition) is 4. The lowest BCUT2D eigenvalue weighted by Gasteiger charge is -2.32. The number of carbonyl (C=O) groups is 2. The molecule has 1 aliphatic rings. The van der Waals surface area contributed by atoms with E-state index in [9.17, 15) is 9.59 Å². The second-order valence-corrected chi connectivity index (χ2v) is 5.37. The number of hydrogen-bond acceptors (Lipinski definition) is 3. The lowest BCUT2D eigenvalue weighted by atomic mass is 9.82. The minimum Gasteiger partial charge on any atom is -0.351 e. The predicted molar refractivity (Wildman–Crippen MR) is 85.7 cm³/mol. The monoisotopic (exact) mass is 312 g/mol. The van der Waals surface area contributed by atoms with E-state index >= 15 is 0 Å². The molecule has 0 aromatic heterocycles. The number of amides is 3. The first-order valence-corrected chi connectivity index (χ1v) is 6.68. The quantitative estimate of drug-likeness (QED) is 0.686. The van der Waals surface area contributed by atoms with Crippen molar-refractivity contribution in [3.63, 3.8) is 0 Å². The third kappa shape index (κ3) is 4.61. The summed E-state index contributed by atoms with van der Waals surface area (Å²) in [5.41, 5.74) is 5.87. The summed E-state index contributed by atoms with van der Waals surface area (Å²) in [6, 6.07) is 6.30. The summed E-state index contributed by atoms with van der Waals surface area (Å²) in [6.45, 7) is 3.60. The van der Waals surface area contributed by atoms with Gasteiger partial charge in [-0.3, -0.25) is 4.79 Å². The predicted octanol–water partition coefficient (Wildman–Crippen LogP) is 1.93. The summed E-state index contributed by atoms with van der Waals surface area (Å²) >= 11 is 0. The van der Waals surface area contributed by atoms with E-state index in [1.54, 1.807) is 24.3 Å². The van der Waals surface area contributed by atoms with Gasteiger partial charge in [-0.05, 0) is 44.5 Å². The van der Waals surface area contributed by atoms with Gasteiger partial charge in [-0.25, -0.2) is 4.79 Å². The molecule has 21 heavy (non-hydrogen) atoms. The Balaban J connectivity index is 0.00000220. The Bertz CT molecular complexity index is 515. The molecule has 0 radical (unpaired) electrons. The smallest absolute Gasteiger partial charge is 0.316 e. The minimum absolute atomic E-state index is 0. The van der Waals surface area contributed by atoms with Crippen LogP contribution in [0.25, 0.3) is 0 Å². The van der Waals surface area contributed by atoms with Gasteiger partial charge < -0.3 is 21.7 Å². The molecule has 1 unspecified atom stereocenters. The molecule has 1 saturated heterocycles. The van der Waals surface area contributed by atoms with Crippen LogP contribution in [-0.2, 0) is 4.79 Å². The number of piperidine rings is 1. The molecule has 3 amide bonds. The summed E-state index contributed by atoms with van der Waals surface area (Å²) in [6.07, 6.45) is 1.86. The van der Waals surface area contributed by atoms with Gasteiger partial charge in [0.2, 0.25) is 5.91 Å². The van der Waals surface area contributed by atoms with Gasteiger partial charge in [0.05, 0.1) is 5.41 Å². The van der Waals surface area contributed by atoms with Crippen LogP contribution in [-0.4, -0.2) is 25.0 Å². The molecule has 7 heteroatoms. The van der Waals surface area contributed by atoms with Crippen molar-refractivity contribution in [3.8, 4) is 0 Å². The normalized spacial score (nSPS) is 21.0. The molecule has 0 bridgehead atoms. The van der Waals surface area contributed by atoms with Gasteiger partial charge in [0.15, 0.2) is 0 Å². The van der Waals surface area contributed by atoms with Crippen LogP contribution in [0.4, 0.5) is 16.2 Å². The second kappa shape index (κ2) is 7.28. The Labute approximate surface area is 130 Å². The number of carbonyl (C=O) groups excluding carboxylic acids is 2. The summed E-state index contributed by atoms with van der Waals surface area (Å²) in [5.74, 6) is -0.0130. The maximum Gasteiger partial charge on any atom is 0.316 e. The van der Waals surface area contributed by atoms with E-state index in [0.717, 1.165) is 19.4 Å². The maximum absolute atomic E-state index is 12.4. The van der Waals surface area contributed by atoms with Gasteiger partial charge in [-0.2, -0.15) is 0 Å². The van der Waals surface area contributed by atoms with Crippen LogP contribution < -0.4 is 21.7 Å². The van der Waals surface area contributed by atoms with Crippen LogP contribution in [0, 0.1) is 5.41 Å². The fourth-order valence-corrected chi connectivity index (χ4v) is 2.35. The van der Waals surface area contributed by atoms with Gasteiger partial charge in [0, 0.05) is 17.9 Å². The SMILES string of the molecule is CC1(C(=O)Nc2cccc(NC(N)=O)c2)CCCNC1.Cl. The Morgan fingerprint density at radius 1 is 1.29 bits per heavy atom. The fourth-order valence-electron chi connectivity index (χ4n) is 2.35. The van der Waals surface area contributed by atoms with Crippen LogP contribution >= 0.6 is 12.4 Å². The molecule has 1 fully saturated rings. The number of urea groups is 1. The van der Waals surface area contributed by atoms with Crippen molar-refractivity contribution < 1.29 is 9.59 Å². The second-order valence-electron chi connectivity index (χ2n) is 5.37. The lowest BCUT2D eigenvalue weighted by Crippen LogP contribution is -2.46. The molecule has 1 aromatic carbocycles. The maximum atomic E-state index is 12.4. The van der Waals surface area contributed by atoms with Crippen molar-refractivity contribution in [2.45, 2.75) is 19.8 Å². The van der Waals surface area contributed by atoms with Crippen molar-refractivity contribution in [3.05, 3.63) is 24.3 Å². The van der Waals surface area contributed by atoms with E-state index < -0.39 is 11.4 Å². The molecule has 1 heterocycles. The number of halogens is 1. The summed E-state index contributed by atoms with van der Waals surface area (Å²) in [4.78, 5) is 23.2. The van der Waals surface area contributed by atoms with Crippen LogP contribution in [0.2, 0.25) is 0 Å². The first-order valence-electron chi connectivity index (χ1n) is 6.68. The molecule has 1 aromatic rings. The van der Waals surface area contributed by atoms with Gasteiger partial charge in [-0.15, -0.1) is 12.4 Å². The third-order valence-corrected chi connectivity index (χ3v) is 3.53. The third-order valence-electron chi connectivity index (χ3n) is 3.53. The number of benzene rings is 1. The summed E-state index contributed by atoms with van der Waals surface area (Å²) in [5, 5.41) is 8.62. The van der Waals surface area contributed by atoms with Crippen molar-refractivity contribution >= 4 is 35.7 Å². The summed E-state index contributed by atoms with van der Waals surface area (Å²) < 4.78 is 0. The number of nitrogens with two attached hydrogens (primary N) is 1. The van der Waals surface area contributed by atoms with Crippen LogP contribution in [0.1, 0.15) is 19.8 Å². The molecule has 6 nitrogen and oxygen atoms in total. The van der Waals surface area contributed by atoms with Crippen molar-refractivity contribution in [1.29, 1.82) is 0 Å². The van der Waals surface area contributed by atoms with E-state index in [1.165, 1.54) is 0 Å². The number of nitrogens with one attached hydrogen (secondary N) is 3. The van der Waals surface area contributed by atoms with Gasteiger partial charge >= 0.3 is 6.03 Å². The van der Waals surface area contributed by atoms with Crippen molar-refractivity contribution in [1.82, 2.24) is 5.32 Å². The molecule has 1 atom stereocenters. The first kappa shape index (κ1) is 17.3. The molecule has 5 N–H and O–H groups in total. The van der Waals surface area contributed by atoms with Gasteiger partial charge in [0.1, 0.15) is 0 Å². The number of anilines is 2. The van der Waals surface area contributed by atoms with E-state index in [0.29, 0.717) is 17.9 Å². The fraction of sp³-hybridized carbons (Fsp3) is 0.429. The molecule has 0 spiro atoms. The van der Waals surface area contributed by atoms with Gasteiger partial charge in [0.25, 0.3) is 0 Å². The summed E-state index contributed by atoms with van der Waals surface area (Å²) in [7, 11) is 0. The Morgan fingerprint density at radius 2 is 1.95 bits per heavy atom. The molecule has 0 aliphatic carbocycles. The highest BCUT2D eigenvalue weighted by Crippen LogP contribution is 2.27. The molecule has 2 rings (SSSR count). The van der Waals surface area contributed by atoms with Crippen LogP contribution in [0.5, 0.6) is 0 Å². The zero-order valence-electron chi connectivity index (χ0n) is 11.9. The van der Waals surface area contributed by atoms with E-state index in [2.05, 4.69) is 16.0 Å². The Kier molecular flexibility index (Phi) is 5.99. The highest BCUT2D eigenvalue weighted by molar-refractivity contribution is 5.96. The largest absolute Gasteiger partial charge is 0.351 e. The molecular weight excluding hydrogens is 292 g/mol. The highest BCUT2D eigenvalue weighted by Gasteiger charge is 2.34. The molecular formula is C14H21ClN4O2. The van der Waals surface area contributed by atoms with E-state index in [1.807, 2.05) is 6.92 Å². The zero-order chi connectivity index (χ0) is 14.6. The van der Waals surface area contributed by atoms with Crippen molar-refractivity contribution in [2.75, 3.05) is 23.7 Å².